The largest absolute Gasteiger partial charge is 0.493 e. The van der Waals surface area contributed by atoms with Gasteiger partial charge in [0.2, 0.25) is 0 Å². The Morgan fingerprint density at radius 3 is 2.47 bits per heavy atom. The maximum atomic E-state index is 13.0. The second kappa shape index (κ2) is 10.6. The van der Waals surface area contributed by atoms with E-state index < -0.39 is 11.9 Å². The molecule has 0 aliphatic rings. The minimum Gasteiger partial charge on any atom is -0.493 e. The lowest BCUT2D eigenvalue weighted by atomic mass is 10.0. The van der Waals surface area contributed by atoms with Crippen LogP contribution in [0.1, 0.15) is 27.0 Å². The zero-order valence-electron chi connectivity index (χ0n) is 20.2. The predicted octanol–water partition coefficient (Wildman–Crippen LogP) is 6.23. The monoisotopic (exact) mass is 476 g/mol. The molecule has 0 radical (unpaired) electrons. The van der Waals surface area contributed by atoms with Gasteiger partial charge in [-0.25, -0.2) is 4.79 Å². The first-order valence-corrected chi connectivity index (χ1v) is 11.3. The molecule has 4 aromatic rings. The number of rotatable bonds is 6. The Morgan fingerprint density at radius 2 is 1.69 bits per heavy atom. The Kier molecular flexibility index (Phi) is 7.12. The molecule has 1 amide bonds. The van der Waals surface area contributed by atoms with Crippen LogP contribution in [-0.2, 0) is 4.79 Å². The molecule has 1 N–H and O–H groups in total. The number of methoxy groups -OCH3 is 1. The molecule has 0 aliphatic heterocycles. The first kappa shape index (κ1) is 24.2. The molecule has 0 unspecified atom stereocenters. The van der Waals surface area contributed by atoms with E-state index in [1.54, 1.807) is 30.3 Å². The maximum Gasteiger partial charge on any atom is 0.344 e. The Balaban J connectivity index is 1.62. The molecule has 0 atom stereocenters. The van der Waals surface area contributed by atoms with Crippen molar-refractivity contribution in [1.82, 2.24) is 0 Å². The molecular weight excluding hydrogens is 452 g/mol. The molecule has 0 aliphatic carbocycles. The summed E-state index contributed by atoms with van der Waals surface area (Å²) >= 11 is 0. The number of carbonyl (C=O) groups excluding carboxylic acids is 2. The van der Waals surface area contributed by atoms with Gasteiger partial charge in [-0.15, -0.1) is 0 Å². The van der Waals surface area contributed by atoms with Gasteiger partial charge in [-0.3, -0.25) is 4.79 Å². The topological polar surface area (TPSA) is 88.4 Å². The highest BCUT2D eigenvalue weighted by atomic mass is 16.6. The Morgan fingerprint density at radius 1 is 0.917 bits per heavy atom. The number of aryl methyl sites for hydroxylation is 2. The van der Waals surface area contributed by atoms with E-state index in [0.717, 1.165) is 21.9 Å². The lowest BCUT2D eigenvalue weighted by molar-refractivity contribution is -0.112. The number of nitriles is 1. The molecular formula is C30H24N2O4. The summed E-state index contributed by atoms with van der Waals surface area (Å²) in [6.07, 6.45) is 1.44. The zero-order valence-corrected chi connectivity index (χ0v) is 20.2. The number of nitrogens with one attached hydrogen (secondary N) is 1. The Bertz CT molecular complexity index is 1540. The van der Waals surface area contributed by atoms with Crippen molar-refractivity contribution in [3.05, 3.63) is 107 Å². The number of hydrogen-bond acceptors (Lipinski definition) is 5. The van der Waals surface area contributed by atoms with Crippen LogP contribution < -0.4 is 14.8 Å². The molecule has 0 heterocycles. The van der Waals surface area contributed by atoms with Crippen molar-refractivity contribution in [2.45, 2.75) is 13.8 Å². The minimum atomic E-state index is -0.542. The molecule has 0 saturated carbocycles. The summed E-state index contributed by atoms with van der Waals surface area (Å²) in [5, 5.41) is 14.1. The SMILES string of the molecule is COc1ccc(/C=C(\C#N)C(=O)Nc2cc(C)ccc2C)cc1OC(=O)c1cccc2ccccc12. The summed E-state index contributed by atoms with van der Waals surface area (Å²) in [6, 6.07) is 25.5. The first-order chi connectivity index (χ1) is 17.4. The number of fused-ring (bicyclic) bond motifs is 1. The lowest BCUT2D eigenvalue weighted by Gasteiger charge is -2.12. The van der Waals surface area contributed by atoms with Crippen molar-refractivity contribution in [2.24, 2.45) is 0 Å². The second-order valence-corrected chi connectivity index (χ2v) is 8.27. The van der Waals surface area contributed by atoms with Crippen LogP contribution in [0.25, 0.3) is 16.8 Å². The molecule has 0 fully saturated rings. The third-order valence-electron chi connectivity index (χ3n) is 5.72. The van der Waals surface area contributed by atoms with Gasteiger partial charge in [-0.05, 0) is 71.7 Å². The maximum absolute atomic E-state index is 13.0. The summed E-state index contributed by atoms with van der Waals surface area (Å²) in [6.45, 7) is 3.80. The number of hydrogen-bond donors (Lipinski definition) is 1. The smallest absolute Gasteiger partial charge is 0.344 e. The van der Waals surface area contributed by atoms with Gasteiger partial charge < -0.3 is 14.8 Å². The predicted molar refractivity (Wildman–Crippen MR) is 140 cm³/mol. The van der Waals surface area contributed by atoms with Crippen LogP contribution in [0.3, 0.4) is 0 Å². The van der Waals surface area contributed by atoms with Crippen molar-refractivity contribution in [3.8, 4) is 17.6 Å². The summed E-state index contributed by atoms with van der Waals surface area (Å²) in [7, 11) is 1.47. The molecule has 0 aromatic heterocycles. The molecule has 4 aromatic carbocycles. The number of carbonyl (C=O) groups is 2. The van der Waals surface area contributed by atoms with Crippen molar-refractivity contribution in [3.63, 3.8) is 0 Å². The highest BCUT2D eigenvalue weighted by Gasteiger charge is 2.17. The van der Waals surface area contributed by atoms with E-state index in [4.69, 9.17) is 9.47 Å². The van der Waals surface area contributed by atoms with Crippen molar-refractivity contribution >= 4 is 34.4 Å². The van der Waals surface area contributed by atoms with E-state index in [1.807, 2.05) is 68.4 Å². The molecule has 178 valence electrons. The van der Waals surface area contributed by atoms with E-state index in [0.29, 0.717) is 22.6 Å². The van der Waals surface area contributed by atoms with Gasteiger partial charge in [0.05, 0.1) is 12.7 Å². The van der Waals surface area contributed by atoms with Crippen LogP contribution in [0.2, 0.25) is 0 Å². The van der Waals surface area contributed by atoms with Crippen LogP contribution >= 0.6 is 0 Å². The highest BCUT2D eigenvalue weighted by Crippen LogP contribution is 2.31. The number of benzene rings is 4. The number of ether oxygens (including phenoxy) is 2. The molecule has 0 saturated heterocycles. The Hall–Kier alpha value is -4.89. The van der Waals surface area contributed by atoms with Gasteiger partial charge in [-0.1, -0.05) is 54.6 Å². The number of anilines is 1. The van der Waals surface area contributed by atoms with Crippen LogP contribution in [0, 0.1) is 25.2 Å². The minimum absolute atomic E-state index is 0.0904. The number of esters is 1. The van der Waals surface area contributed by atoms with Crippen LogP contribution in [-0.4, -0.2) is 19.0 Å². The molecule has 6 heteroatoms. The average Bonchev–Trinajstić information content (AvgIpc) is 2.89. The summed E-state index contributed by atoms with van der Waals surface area (Å²) < 4.78 is 11.1. The lowest BCUT2D eigenvalue weighted by Crippen LogP contribution is -2.14. The quantitative estimate of drug-likeness (QED) is 0.154. The van der Waals surface area contributed by atoms with E-state index >= 15 is 0 Å². The number of amides is 1. The zero-order chi connectivity index (χ0) is 25.7. The van der Waals surface area contributed by atoms with Gasteiger partial charge in [0.1, 0.15) is 11.6 Å². The van der Waals surface area contributed by atoms with E-state index in [9.17, 15) is 14.9 Å². The summed E-state index contributed by atoms with van der Waals surface area (Å²) in [5.74, 6) is -0.550. The van der Waals surface area contributed by atoms with Crippen LogP contribution in [0.15, 0.2) is 84.4 Å². The molecule has 36 heavy (non-hydrogen) atoms. The molecule has 4 rings (SSSR count). The molecule has 6 nitrogen and oxygen atoms in total. The summed E-state index contributed by atoms with van der Waals surface area (Å²) in [5.41, 5.74) is 3.35. The van der Waals surface area contributed by atoms with Gasteiger partial charge in [0.15, 0.2) is 11.5 Å². The Labute approximate surface area is 209 Å². The third-order valence-corrected chi connectivity index (χ3v) is 5.72. The first-order valence-electron chi connectivity index (χ1n) is 11.3. The number of nitrogens with zero attached hydrogens (tertiary/aromatic N) is 1. The van der Waals surface area contributed by atoms with Gasteiger partial charge >= 0.3 is 5.97 Å². The fourth-order valence-corrected chi connectivity index (χ4v) is 3.80. The van der Waals surface area contributed by atoms with Crippen molar-refractivity contribution in [2.75, 3.05) is 12.4 Å². The molecule has 0 bridgehead atoms. The molecule has 0 spiro atoms. The van der Waals surface area contributed by atoms with Crippen LogP contribution in [0.5, 0.6) is 11.5 Å². The average molecular weight is 477 g/mol. The van der Waals surface area contributed by atoms with E-state index in [1.165, 1.54) is 13.2 Å². The normalized spacial score (nSPS) is 11.0. The van der Waals surface area contributed by atoms with E-state index in [2.05, 4.69) is 5.32 Å². The van der Waals surface area contributed by atoms with Gasteiger partial charge in [0, 0.05) is 5.69 Å². The third kappa shape index (κ3) is 5.26. The van der Waals surface area contributed by atoms with Crippen molar-refractivity contribution < 1.29 is 19.1 Å². The van der Waals surface area contributed by atoms with Crippen molar-refractivity contribution in [1.29, 1.82) is 5.26 Å². The van der Waals surface area contributed by atoms with E-state index in [-0.39, 0.29) is 11.3 Å². The fourth-order valence-electron chi connectivity index (χ4n) is 3.80. The van der Waals surface area contributed by atoms with Crippen LogP contribution in [0.4, 0.5) is 5.69 Å². The highest BCUT2D eigenvalue weighted by molar-refractivity contribution is 6.10. The fraction of sp³-hybridized carbons (Fsp3) is 0.100. The second-order valence-electron chi connectivity index (χ2n) is 8.27. The van der Waals surface area contributed by atoms with Gasteiger partial charge in [0.25, 0.3) is 5.91 Å². The van der Waals surface area contributed by atoms with Gasteiger partial charge in [-0.2, -0.15) is 5.26 Å². The summed E-state index contributed by atoms with van der Waals surface area (Å²) in [4.78, 5) is 25.8. The standard InChI is InChI=1S/C30H24N2O4/c1-19-11-12-20(2)26(15-19)32-29(33)23(18-31)16-21-13-14-27(35-3)28(17-21)36-30(34)25-10-6-8-22-7-4-5-9-24(22)25/h4-17H,1-3H3,(H,32,33)/b23-16+.